The Bertz CT molecular complexity index is 3050. The topological polar surface area (TPSA) is 49.6 Å². The van der Waals surface area contributed by atoms with Gasteiger partial charge in [0.1, 0.15) is 0 Å². The van der Waals surface area contributed by atoms with Crippen LogP contribution < -0.4 is 9.80 Å². The number of nitrogens with zero attached hydrogens (tertiary/aromatic N) is 6. The van der Waals surface area contributed by atoms with Gasteiger partial charge in [0.25, 0.3) is 0 Å². The van der Waals surface area contributed by atoms with Gasteiger partial charge in [-0.3, -0.25) is 15.0 Å². The van der Waals surface area contributed by atoms with E-state index in [0.29, 0.717) is 0 Å². The second-order valence-corrected chi connectivity index (χ2v) is 16.8. The maximum absolute atomic E-state index is 4.57. The molecule has 4 aliphatic rings. The van der Waals surface area contributed by atoms with Crippen molar-refractivity contribution in [3.8, 4) is 5.69 Å². The quantitative estimate of drug-likeness (QED) is 0.158. The Hall–Kier alpha value is -7.31. The van der Waals surface area contributed by atoms with Crippen molar-refractivity contribution in [1.29, 1.82) is 0 Å². The summed E-state index contributed by atoms with van der Waals surface area (Å²) in [7, 11) is 0. The summed E-state index contributed by atoms with van der Waals surface area (Å²) in [4.78, 5) is 18.5. The largest absolute Gasteiger partial charge is 0.333 e. The third-order valence-electron chi connectivity index (χ3n) is 13.8. The number of para-hydroxylation sites is 2. The molecule has 0 saturated heterocycles. The van der Waals surface area contributed by atoms with Crippen LogP contribution in [-0.2, 0) is 5.41 Å². The van der Waals surface area contributed by atoms with Gasteiger partial charge in [-0.05, 0) is 103 Å². The molecule has 5 aromatic carbocycles. The first kappa shape index (κ1) is 34.7. The van der Waals surface area contributed by atoms with Crippen molar-refractivity contribution in [1.82, 2.24) is 14.5 Å². The Morgan fingerprint density at radius 3 is 2.03 bits per heavy atom. The minimum absolute atomic E-state index is 0.181. The second-order valence-electron chi connectivity index (χ2n) is 16.8. The molecule has 0 amide bonds. The molecule has 0 N–H and O–H groups in total. The van der Waals surface area contributed by atoms with Crippen LogP contribution in [0.25, 0.3) is 27.5 Å². The summed E-state index contributed by atoms with van der Waals surface area (Å²) in [6.45, 7) is 4.70. The van der Waals surface area contributed by atoms with Crippen molar-refractivity contribution in [2.24, 2.45) is 4.99 Å². The summed E-state index contributed by atoms with van der Waals surface area (Å²) in [5, 5.41) is 2.36. The lowest BCUT2D eigenvalue weighted by molar-refractivity contribution is 0.565. The molecule has 8 aromatic rings. The van der Waals surface area contributed by atoms with E-state index in [1.807, 2.05) is 31.0 Å². The highest BCUT2D eigenvalue weighted by atomic mass is 15.2. The second kappa shape index (κ2) is 13.1. The van der Waals surface area contributed by atoms with E-state index in [-0.39, 0.29) is 23.4 Å². The molecule has 1 aliphatic carbocycles. The van der Waals surface area contributed by atoms with Crippen LogP contribution in [-0.4, -0.2) is 32.3 Å². The molecule has 6 heterocycles. The van der Waals surface area contributed by atoms with Crippen molar-refractivity contribution in [3.05, 3.63) is 223 Å². The van der Waals surface area contributed by atoms with Gasteiger partial charge in [0.05, 0.1) is 22.6 Å². The van der Waals surface area contributed by atoms with Crippen LogP contribution >= 0.6 is 0 Å². The predicted octanol–water partition coefficient (Wildman–Crippen LogP) is 12.2. The summed E-state index contributed by atoms with van der Waals surface area (Å²) in [5.41, 5.74) is 13.8. The lowest BCUT2D eigenvalue weighted by atomic mass is 9.71. The van der Waals surface area contributed by atoms with Crippen LogP contribution in [0.4, 0.5) is 22.7 Å². The summed E-state index contributed by atoms with van der Waals surface area (Å²) >= 11 is 0. The van der Waals surface area contributed by atoms with Crippen LogP contribution in [0.5, 0.6) is 0 Å². The molecule has 0 spiro atoms. The van der Waals surface area contributed by atoms with Gasteiger partial charge in [-0.2, -0.15) is 0 Å². The smallest absolute Gasteiger partial charge is 0.0742 e. The van der Waals surface area contributed by atoms with E-state index >= 15 is 0 Å². The first-order valence-electron chi connectivity index (χ1n) is 20.9. The fraction of sp³-hybridized carbons (Fsp3) is 0.130. The maximum atomic E-state index is 4.57. The van der Waals surface area contributed by atoms with Gasteiger partial charge < -0.3 is 14.4 Å². The number of aliphatic imine (C=N–C) groups is 1. The molecule has 0 radical (unpaired) electrons. The Kier molecular flexibility index (Phi) is 7.58. The van der Waals surface area contributed by atoms with Gasteiger partial charge in [-0.15, -0.1) is 0 Å². The summed E-state index contributed by atoms with van der Waals surface area (Å²) < 4.78 is 2.36. The zero-order valence-corrected chi connectivity index (χ0v) is 33.5. The number of benzene rings is 5. The zero-order chi connectivity index (χ0) is 40.0. The Labute approximate surface area is 349 Å². The van der Waals surface area contributed by atoms with E-state index in [1.165, 1.54) is 55.8 Å². The van der Waals surface area contributed by atoms with Gasteiger partial charge in [0, 0.05) is 99.2 Å². The van der Waals surface area contributed by atoms with E-state index in [9.17, 15) is 0 Å². The van der Waals surface area contributed by atoms with Crippen molar-refractivity contribution in [2.45, 2.75) is 42.7 Å². The fourth-order valence-corrected chi connectivity index (χ4v) is 10.7. The standard InChI is InChI=1S/C54H42N6/c1-53-29-32-57-35-47(53)44-11-5-8-14-52(44)60(53)41-25-19-38(20-26-41)54(2,36-15-21-39(22-16-36)58-48-12-6-3-9-42(48)45-33-55-30-27-50(45)58)37-17-23-40(24-18-37)59-49-13-7-4-10-43(49)46-34-56-31-28-51(46)59/h3-35,42,47-48H,1-2H3. The summed E-state index contributed by atoms with van der Waals surface area (Å²) in [5.74, 6) is 0.462. The molecule has 60 heavy (non-hydrogen) atoms. The molecular formula is C54H42N6. The average molecular weight is 775 g/mol. The van der Waals surface area contributed by atoms with Crippen molar-refractivity contribution in [3.63, 3.8) is 0 Å². The number of rotatable bonds is 6. The Balaban J connectivity index is 0.975. The van der Waals surface area contributed by atoms with E-state index in [0.717, 1.165) is 22.3 Å². The van der Waals surface area contributed by atoms with Crippen molar-refractivity contribution >= 4 is 50.8 Å². The van der Waals surface area contributed by atoms with Crippen LogP contribution in [0.1, 0.15) is 53.5 Å². The number of fused-ring (bicyclic) bond motifs is 9. The molecule has 5 atom stereocenters. The first-order chi connectivity index (χ1) is 29.5. The molecule has 3 aliphatic heterocycles. The normalized spacial score (nSPS) is 21.9. The number of anilines is 4. The number of hydrogen-bond acceptors (Lipinski definition) is 5. The first-order valence-corrected chi connectivity index (χ1v) is 20.9. The maximum Gasteiger partial charge on any atom is 0.0742 e. The monoisotopic (exact) mass is 774 g/mol. The zero-order valence-electron chi connectivity index (χ0n) is 33.5. The minimum atomic E-state index is -0.476. The fourth-order valence-electron chi connectivity index (χ4n) is 10.7. The molecule has 3 aromatic heterocycles. The van der Waals surface area contributed by atoms with Crippen LogP contribution in [0.2, 0.25) is 0 Å². The van der Waals surface area contributed by atoms with Gasteiger partial charge in [0.15, 0.2) is 0 Å². The average Bonchev–Trinajstić information content (AvgIpc) is 3.92. The molecule has 6 nitrogen and oxygen atoms in total. The van der Waals surface area contributed by atoms with E-state index in [1.54, 1.807) is 0 Å². The Morgan fingerprint density at radius 2 is 1.23 bits per heavy atom. The van der Waals surface area contributed by atoms with Crippen molar-refractivity contribution < 1.29 is 0 Å². The number of pyridine rings is 2. The highest BCUT2D eigenvalue weighted by molar-refractivity contribution is 6.08. The van der Waals surface area contributed by atoms with Gasteiger partial charge in [0.2, 0.25) is 0 Å². The predicted molar refractivity (Wildman–Crippen MR) is 246 cm³/mol. The van der Waals surface area contributed by atoms with E-state index < -0.39 is 5.41 Å². The molecular weight excluding hydrogens is 733 g/mol. The van der Waals surface area contributed by atoms with Crippen molar-refractivity contribution in [2.75, 3.05) is 9.80 Å². The Morgan fingerprint density at radius 1 is 0.583 bits per heavy atom. The number of hydrogen-bond donors (Lipinski definition) is 0. The van der Waals surface area contributed by atoms with Gasteiger partial charge in [-0.25, -0.2) is 0 Å². The molecule has 5 unspecified atom stereocenters. The minimum Gasteiger partial charge on any atom is -0.333 e. The highest BCUT2D eigenvalue weighted by Gasteiger charge is 2.47. The number of allylic oxidation sites excluding steroid dienone is 2. The summed E-state index contributed by atoms with van der Waals surface area (Å²) in [6, 6.07) is 49.6. The SMILES string of the molecule is CC(c1ccc(N2c3ccncc3C3C=CC=CC32)cc1)(c1ccc(N2c3ccccc3C3C=NC=CC32C)cc1)c1ccc(-n2c3ccccc3c3cnccc32)cc1. The molecule has 6 heteroatoms. The summed E-state index contributed by atoms with van der Waals surface area (Å²) in [6.07, 6.45) is 23.1. The molecule has 0 bridgehead atoms. The highest BCUT2D eigenvalue weighted by Crippen LogP contribution is 2.53. The van der Waals surface area contributed by atoms with Crippen LogP contribution in [0.3, 0.4) is 0 Å². The van der Waals surface area contributed by atoms with Gasteiger partial charge >= 0.3 is 0 Å². The third-order valence-corrected chi connectivity index (χ3v) is 13.8. The molecule has 12 rings (SSSR count). The third kappa shape index (κ3) is 4.91. The molecule has 0 saturated carbocycles. The van der Waals surface area contributed by atoms with E-state index in [2.05, 4.69) is 213 Å². The van der Waals surface area contributed by atoms with Gasteiger partial charge in [-0.1, -0.05) is 97.1 Å². The van der Waals surface area contributed by atoms with Crippen LogP contribution in [0.15, 0.2) is 200 Å². The van der Waals surface area contributed by atoms with Crippen LogP contribution in [0, 0.1) is 0 Å². The molecule has 0 fully saturated rings. The number of aromatic nitrogens is 3. The molecule has 288 valence electrons. The lowest BCUT2D eigenvalue weighted by Gasteiger charge is -2.39. The lowest BCUT2D eigenvalue weighted by Crippen LogP contribution is -2.43. The van der Waals surface area contributed by atoms with E-state index in [4.69, 9.17) is 0 Å².